The highest BCUT2D eigenvalue weighted by atomic mass is 16.5. The van der Waals surface area contributed by atoms with E-state index in [2.05, 4.69) is 32.2 Å². The Balaban J connectivity index is 1.31. The van der Waals surface area contributed by atoms with E-state index in [9.17, 15) is 9.90 Å². The Labute approximate surface area is 192 Å². The smallest absolute Gasteiger partial charge is 0.288 e. The number of ether oxygens (including phenoxy) is 1. The molecule has 1 aliphatic carbocycles. The van der Waals surface area contributed by atoms with Crippen molar-refractivity contribution >= 4 is 11.6 Å². The maximum absolute atomic E-state index is 12.7. The first kappa shape index (κ1) is 21.5. The number of aliphatic hydroxyl groups is 1. The maximum Gasteiger partial charge on any atom is 0.288 e. The summed E-state index contributed by atoms with van der Waals surface area (Å²) in [4.78, 5) is 21.1. The van der Waals surface area contributed by atoms with Crippen LogP contribution in [0.1, 0.15) is 17.0 Å². The number of hydrogen-bond donors (Lipinski definition) is 2. The van der Waals surface area contributed by atoms with Gasteiger partial charge in [0.15, 0.2) is 6.39 Å². The summed E-state index contributed by atoms with van der Waals surface area (Å²) in [6, 6.07) is 19.3. The van der Waals surface area contributed by atoms with E-state index in [1.165, 1.54) is 18.3 Å². The quantitative estimate of drug-likeness (QED) is 0.597. The number of benzene rings is 2. The third-order valence-electron chi connectivity index (χ3n) is 6.49. The zero-order chi connectivity index (χ0) is 22.6. The van der Waals surface area contributed by atoms with Crippen LogP contribution in [0.5, 0.6) is 5.75 Å². The van der Waals surface area contributed by atoms with Gasteiger partial charge in [0, 0.05) is 38.3 Å². The molecule has 2 aromatic carbocycles. The van der Waals surface area contributed by atoms with Crippen LogP contribution in [0.3, 0.4) is 0 Å². The lowest BCUT2D eigenvalue weighted by atomic mass is 10.1. The number of carbonyl (C=O) groups excluding carboxylic acids is 1. The van der Waals surface area contributed by atoms with Gasteiger partial charge in [-0.3, -0.25) is 9.69 Å². The number of aromatic nitrogens is 1. The van der Waals surface area contributed by atoms with Crippen molar-refractivity contribution in [2.24, 2.45) is 0 Å². The molecule has 5 rings (SSSR count). The van der Waals surface area contributed by atoms with Gasteiger partial charge in [0.2, 0.25) is 5.76 Å². The minimum atomic E-state index is -0.742. The van der Waals surface area contributed by atoms with E-state index in [4.69, 9.17) is 9.15 Å². The minimum absolute atomic E-state index is 0.157. The molecule has 2 aliphatic rings. The summed E-state index contributed by atoms with van der Waals surface area (Å²) in [5, 5.41) is 14.3. The van der Waals surface area contributed by atoms with Crippen molar-refractivity contribution in [2.45, 2.75) is 30.7 Å². The molecular weight excluding hydrogens is 420 g/mol. The molecule has 8 nitrogen and oxygen atoms in total. The third-order valence-corrected chi connectivity index (χ3v) is 6.49. The molecule has 0 unspecified atom stereocenters. The van der Waals surface area contributed by atoms with Crippen molar-refractivity contribution in [1.82, 2.24) is 15.2 Å². The molecule has 8 heteroatoms. The van der Waals surface area contributed by atoms with E-state index in [1.54, 1.807) is 0 Å². The first-order chi connectivity index (χ1) is 16.2. The average molecular weight is 449 g/mol. The minimum Gasteiger partial charge on any atom is -0.488 e. The van der Waals surface area contributed by atoms with Crippen molar-refractivity contribution < 1.29 is 19.1 Å². The number of nitrogens with one attached hydrogen (secondary N) is 1. The number of hydrogen-bond acceptors (Lipinski definition) is 7. The number of oxazole rings is 1. The van der Waals surface area contributed by atoms with Gasteiger partial charge < -0.3 is 24.5 Å². The number of para-hydroxylation sites is 2. The van der Waals surface area contributed by atoms with E-state index in [1.807, 2.05) is 48.5 Å². The Bertz CT molecular complexity index is 1020. The van der Waals surface area contributed by atoms with E-state index in [-0.39, 0.29) is 23.8 Å². The number of carbonyl (C=O) groups is 1. The van der Waals surface area contributed by atoms with Crippen LogP contribution in [-0.2, 0) is 0 Å². The predicted octanol–water partition coefficient (Wildman–Crippen LogP) is 2.18. The molecule has 1 aliphatic heterocycles. The van der Waals surface area contributed by atoms with Crippen LogP contribution in [0, 0.1) is 0 Å². The number of amides is 1. The van der Waals surface area contributed by atoms with Crippen molar-refractivity contribution in [1.29, 1.82) is 0 Å². The van der Waals surface area contributed by atoms with Gasteiger partial charge in [-0.05, 0) is 24.3 Å². The van der Waals surface area contributed by atoms with Crippen molar-refractivity contribution in [3.63, 3.8) is 0 Å². The molecule has 2 heterocycles. The molecule has 0 bridgehead atoms. The second-order valence-electron chi connectivity index (χ2n) is 8.49. The van der Waals surface area contributed by atoms with Crippen molar-refractivity contribution in [2.75, 3.05) is 31.1 Å². The largest absolute Gasteiger partial charge is 0.488 e. The van der Waals surface area contributed by atoms with Gasteiger partial charge in [-0.25, -0.2) is 4.98 Å². The third kappa shape index (κ3) is 4.72. The molecule has 2 fully saturated rings. The van der Waals surface area contributed by atoms with Gasteiger partial charge in [-0.15, -0.1) is 0 Å². The summed E-state index contributed by atoms with van der Waals surface area (Å²) in [6.07, 6.45) is 1.96. The van der Waals surface area contributed by atoms with Gasteiger partial charge in [0.1, 0.15) is 18.0 Å². The van der Waals surface area contributed by atoms with E-state index >= 15 is 0 Å². The van der Waals surface area contributed by atoms with Crippen LogP contribution in [0.4, 0.5) is 5.69 Å². The Hall–Kier alpha value is -3.36. The van der Waals surface area contributed by atoms with Crippen LogP contribution >= 0.6 is 0 Å². The zero-order valence-electron chi connectivity index (χ0n) is 18.3. The number of nitrogens with zero attached hydrogens (tertiary/aromatic N) is 3. The number of anilines is 1. The molecule has 33 heavy (non-hydrogen) atoms. The van der Waals surface area contributed by atoms with Crippen molar-refractivity contribution in [3.05, 3.63) is 79.0 Å². The molecule has 1 amide bonds. The van der Waals surface area contributed by atoms with Crippen molar-refractivity contribution in [3.8, 4) is 5.75 Å². The number of rotatable bonds is 6. The Morgan fingerprint density at radius 2 is 1.73 bits per heavy atom. The lowest BCUT2D eigenvalue weighted by Crippen LogP contribution is -2.59. The van der Waals surface area contributed by atoms with Crippen LogP contribution in [0.15, 0.2) is 77.7 Å². The summed E-state index contributed by atoms with van der Waals surface area (Å²) in [7, 11) is 0. The van der Waals surface area contributed by atoms with Gasteiger partial charge in [0.05, 0.1) is 18.3 Å². The molecule has 1 saturated carbocycles. The van der Waals surface area contributed by atoms with Gasteiger partial charge in [-0.2, -0.15) is 0 Å². The second kappa shape index (κ2) is 9.64. The van der Waals surface area contributed by atoms with Gasteiger partial charge >= 0.3 is 0 Å². The molecule has 2 N–H and O–H groups in total. The zero-order valence-corrected chi connectivity index (χ0v) is 18.3. The Morgan fingerprint density at radius 1 is 1.03 bits per heavy atom. The molecule has 0 spiro atoms. The molecule has 4 atom stereocenters. The summed E-state index contributed by atoms with van der Waals surface area (Å²) < 4.78 is 11.3. The summed E-state index contributed by atoms with van der Waals surface area (Å²) >= 11 is 0. The topological polar surface area (TPSA) is 91.1 Å². The molecule has 172 valence electrons. The van der Waals surface area contributed by atoms with Gasteiger partial charge in [0.25, 0.3) is 5.91 Å². The summed E-state index contributed by atoms with van der Waals surface area (Å²) in [5.74, 6) is 0.527. The molecule has 1 saturated heterocycles. The fourth-order valence-electron chi connectivity index (χ4n) is 4.88. The first-order valence-electron chi connectivity index (χ1n) is 11.3. The van der Waals surface area contributed by atoms with Crippen LogP contribution < -0.4 is 15.0 Å². The van der Waals surface area contributed by atoms with Gasteiger partial charge in [-0.1, -0.05) is 36.4 Å². The van der Waals surface area contributed by atoms with E-state index < -0.39 is 12.2 Å². The molecule has 0 radical (unpaired) electrons. The molecule has 3 aromatic rings. The number of piperazine rings is 1. The molecule has 1 aromatic heterocycles. The predicted molar refractivity (Wildman–Crippen MR) is 123 cm³/mol. The summed E-state index contributed by atoms with van der Waals surface area (Å²) in [6.45, 7) is 3.26. The molecular formula is C25H28N4O4. The maximum atomic E-state index is 12.7. The van der Waals surface area contributed by atoms with E-state index in [0.717, 1.165) is 26.2 Å². The SMILES string of the molecule is O=C(N[C@@H]1C[C@@H](Oc2ccccc2)[C@H](O)[C@H]1N1CCN(c2ccccc2)CC1)c1cnco1. The monoisotopic (exact) mass is 448 g/mol. The fourth-order valence-corrected chi connectivity index (χ4v) is 4.88. The van der Waals surface area contributed by atoms with Crippen LogP contribution in [-0.4, -0.2) is 71.4 Å². The van der Waals surface area contributed by atoms with Crippen LogP contribution in [0.25, 0.3) is 0 Å². The normalized spacial score (nSPS) is 25.7. The highest BCUT2D eigenvalue weighted by Gasteiger charge is 2.48. The Kier molecular flexibility index (Phi) is 6.28. The average Bonchev–Trinajstić information content (AvgIpc) is 3.50. The lowest BCUT2D eigenvalue weighted by Gasteiger charge is -2.42. The Morgan fingerprint density at radius 3 is 2.39 bits per heavy atom. The summed E-state index contributed by atoms with van der Waals surface area (Å²) in [5.41, 5.74) is 1.20. The highest BCUT2D eigenvalue weighted by Crippen LogP contribution is 2.31. The fraction of sp³-hybridized carbons (Fsp3) is 0.360. The second-order valence-corrected chi connectivity index (χ2v) is 8.49. The standard InChI is InChI=1S/C25H28N4O4/c30-24-21(33-19-9-5-2-6-10-19)15-20(27-25(31)22-16-26-17-32-22)23(24)29-13-11-28(12-14-29)18-7-3-1-4-8-18/h1-10,16-17,20-21,23-24,30H,11-15H2,(H,27,31)/t20-,21-,23+,24+/m1/s1. The highest BCUT2D eigenvalue weighted by molar-refractivity contribution is 5.91. The van der Waals surface area contributed by atoms with E-state index in [0.29, 0.717) is 12.2 Å². The number of aliphatic hydroxyl groups excluding tert-OH is 1. The first-order valence-corrected chi connectivity index (χ1v) is 11.3. The van der Waals surface area contributed by atoms with Crippen LogP contribution in [0.2, 0.25) is 0 Å². The lowest BCUT2D eigenvalue weighted by molar-refractivity contribution is 0.00532.